The molecule has 0 aliphatic heterocycles. The fourth-order valence-electron chi connectivity index (χ4n) is 3.18. The fourth-order valence-corrected chi connectivity index (χ4v) is 3.18. The molecule has 0 unspecified atom stereocenters. The maximum absolute atomic E-state index is 12.8. The van der Waals surface area contributed by atoms with Gasteiger partial charge in [-0.25, -0.2) is 0 Å². The van der Waals surface area contributed by atoms with Crippen molar-refractivity contribution in [1.82, 2.24) is 0 Å². The van der Waals surface area contributed by atoms with Gasteiger partial charge in [0, 0.05) is 22.3 Å². The zero-order chi connectivity index (χ0) is 16.0. The molecule has 0 radical (unpaired) electrons. The number of carbonyl (C=O) groups is 2. The molecule has 23 heavy (non-hydrogen) atoms. The molecule has 0 heterocycles. The molecule has 0 amide bonds. The molecule has 3 aromatic carbocycles. The van der Waals surface area contributed by atoms with E-state index in [0.717, 1.165) is 16.7 Å². The lowest BCUT2D eigenvalue weighted by Gasteiger charge is -2.19. The average Bonchev–Trinajstić information content (AvgIpc) is 2.60. The van der Waals surface area contributed by atoms with Crippen molar-refractivity contribution in [2.45, 2.75) is 6.92 Å². The van der Waals surface area contributed by atoms with Crippen LogP contribution < -0.4 is 0 Å². The molecule has 3 aromatic rings. The Hall–Kier alpha value is -3.00. The predicted octanol–water partition coefficient (Wildman–Crippen LogP) is 4.44. The van der Waals surface area contributed by atoms with E-state index in [1.165, 1.54) is 0 Å². The van der Waals surface area contributed by atoms with Crippen LogP contribution >= 0.6 is 0 Å². The Bertz CT molecular complexity index is 953. The summed E-state index contributed by atoms with van der Waals surface area (Å²) in [6.45, 7) is 1.97. The van der Waals surface area contributed by atoms with Crippen LogP contribution in [0.2, 0.25) is 0 Å². The van der Waals surface area contributed by atoms with Gasteiger partial charge in [0.05, 0.1) is 0 Å². The third-order valence-corrected chi connectivity index (χ3v) is 4.35. The number of benzene rings is 3. The van der Waals surface area contributed by atoms with E-state index >= 15 is 0 Å². The molecule has 2 heteroatoms. The van der Waals surface area contributed by atoms with Gasteiger partial charge >= 0.3 is 0 Å². The van der Waals surface area contributed by atoms with E-state index in [1.54, 1.807) is 24.3 Å². The van der Waals surface area contributed by atoms with Crippen molar-refractivity contribution in [3.63, 3.8) is 0 Å². The summed E-state index contributed by atoms with van der Waals surface area (Å²) in [5.74, 6) is -0.148. The summed E-state index contributed by atoms with van der Waals surface area (Å²) in [7, 11) is 0. The SMILES string of the molecule is Cc1cc2c(cc1-c1ccccc1)C(=O)c1ccccc1C2=O. The number of rotatable bonds is 1. The van der Waals surface area contributed by atoms with Crippen LogP contribution in [0.25, 0.3) is 11.1 Å². The highest BCUT2D eigenvalue weighted by molar-refractivity contribution is 6.28. The maximum Gasteiger partial charge on any atom is 0.194 e. The standard InChI is InChI=1S/C21H14O2/c1-13-11-18-19(12-17(13)14-7-3-2-4-8-14)21(23)16-10-6-5-9-15(16)20(18)22/h2-12H,1H3. The van der Waals surface area contributed by atoms with Crippen molar-refractivity contribution in [2.75, 3.05) is 0 Å². The van der Waals surface area contributed by atoms with Crippen LogP contribution in [0.4, 0.5) is 0 Å². The second-order valence-electron chi connectivity index (χ2n) is 5.78. The molecule has 0 bridgehead atoms. The van der Waals surface area contributed by atoms with Gasteiger partial charge in [-0.3, -0.25) is 9.59 Å². The van der Waals surface area contributed by atoms with Gasteiger partial charge in [-0.15, -0.1) is 0 Å². The lowest BCUT2D eigenvalue weighted by atomic mass is 9.81. The van der Waals surface area contributed by atoms with Gasteiger partial charge in [0.2, 0.25) is 0 Å². The maximum atomic E-state index is 12.8. The van der Waals surface area contributed by atoms with Crippen LogP contribution in [0, 0.1) is 6.92 Å². The van der Waals surface area contributed by atoms with Gasteiger partial charge in [-0.05, 0) is 35.7 Å². The van der Waals surface area contributed by atoms with Gasteiger partial charge in [-0.2, -0.15) is 0 Å². The van der Waals surface area contributed by atoms with Crippen LogP contribution in [0.15, 0.2) is 66.7 Å². The number of aryl methyl sites for hydroxylation is 1. The molecule has 0 saturated carbocycles. The first-order chi connectivity index (χ1) is 11.2. The molecule has 110 valence electrons. The third kappa shape index (κ3) is 2.03. The van der Waals surface area contributed by atoms with E-state index in [1.807, 2.05) is 49.4 Å². The minimum Gasteiger partial charge on any atom is -0.289 e. The molecule has 2 nitrogen and oxygen atoms in total. The summed E-state index contributed by atoms with van der Waals surface area (Å²) in [4.78, 5) is 25.5. The first kappa shape index (κ1) is 13.6. The topological polar surface area (TPSA) is 34.1 Å². The molecule has 4 rings (SSSR count). The van der Waals surface area contributed by atoms with Crippen molar-refractivity contribution >= 4 is 11.6 Å². The van der Waals surface area contributed by atoms with Gasteiger partial charge in [0.25, 0.3) is 0 Å². The number of ketones is 2. The van der Waals surface area contributed by atoms with Gasteiger partial charge < -0.3 is 0 Å². The minimum atomic E-state index is -0.0765. The van der Waals surface area contributed by atoms with E-state index in [2.05, 4.69) is 0 Å². The van der Waals surface area contributed by atoms with E-state index in [-0.39, 0.29) is 11.6 Å². The number of fused-ring (bicyclic) bond motifs is 2. The highest BCUT2D eigenvalue weighted by Gasteiger charge is 2.30. The zero-order valence-electron chi connectivity index (χ0n) is 12.7. The molecule has 1 aliphatic carbocycles. The van der Waals surface area contributed by atoms with Crippen molar-refractivity contribution < 1.29 is 9.59 Å². The Morgan fingerprint density at radius 3 is 1.70 bits per heavy atom. The van der Waals surface area contributed by atoms with Gasteiger partial charge in [0.15, 0.2) is 11.6 Å². The summed E-state index contributed by atoms with van der Waals surface area (Å²) < 4.78 is 0. The number of hydrogen-bond acceptors (Lipinski definition) is 2. The molecular formula is C21H14O2. The molecule has 0 N–H and O–H groups in total. The van der Waals surface area contributed by atoms with Crippen LogP contribution in [0.1, 0.15) is 37.4 Å². The highest BCUT2D eigenvalue weighted by atomic mass is 16.1. The molecule has 0 fully saturated rings. The number of hydrogen-bond donors (Lipinski definition) is 0. The highest BCUT2D eigenvalue weighted by Crippen LogP contribution is 2.33. The fraction of sp³-hybridized carbons (Fsp3) is 0.0476. The molecule has 0 saturated heterocycles. The first-order valence-corrected chi connectivity index (χ1v) is 7.55. The normalized spacial score (nSPS) is 12.7. The summed E-state index contributed by atoms with van der Waals surface area (Å²) in [5, 5.41) is 0. The van der Waals surface area contributed by atoms with E-state index in [0.29, 0.717) is 22.3 Å². The lowest BCUT2D eigenvalue weighted by molar-refractivity contribution is 0.0979. The van der Waals surface area contributed by atoms with Crippen molar-refractivity contribution in [3.05, 3.63) is 94.5 Å². The van der Waals surface area contributed by atoms with E-state index < -0.39 is 0 Å². The summed E-state index contributed by atoms with van der Waals surface area (Å²) in [6, 6.07) is 20.6. The van der Waals surface area contributed by atoms with Crippen LogP contribution in [-0.4, -0.2) is 11.6 Å². The quantitative estimate of drug-likeness (QED) is 0.520. The number of carbonyl (C=O) groups excluding carboxylic acids is 2. The summed E-state index contributed by atoms with van der Waals surface area (Å²) >= 11 is 0. The Morgan fingerprint density at radius 2 is 1.09 bits per heavy atom. The van der Waals surface area contributed by atoms with E-state index in [9.17, 15) is 9.59 Å². The van der Waals surface area contributed by atoms with Crippen molar-refractivity contribution in [2.24, 2.45) is 0 Å². The van der Waals surface area contributed by atoms with Gasteiger partial charge in [-0.1, -0.05) is 54.6 Å². The lowest BCUT2D eigenvalue weighted by Crippen LogP contribution is -2.21. The second-order valence-corrected chi connectivity index (χ2v) is 5.78. The summed E-state index contributed by atoms with van der Waals surface area (Å²) in [5.41, 5.74) is 5.03. The van der Waals surface area contributed by atoms with Crippen molar-refractivity contribution in [3.8, 4) is 11.1 Å². The minimum absolute atomic E-state index is 0.0714. The predicted molar refractivity (Wildman–Crippen MR) is 89.9 cm³/mol. The molecule has 0 atom stereocenters. The molecule has 1 aliphatic rings. The molecular weight excluding hydrogens is 284 g/mol. The van der Waals surface area contributed by atoms with Gasteiger partial charge in [0.1, 0.15) is 0 Å². The zero-order valence-corrected chi connectivity index (χ0v) is 12.7. The Morgan fingerprint density at radius 1 is 0.565 bits per heavy atom. The Labute approximate surface area is 134 Å². The van der Waals surface area contributed by atoms with Crippen LogP contribution in [0.3, 0.4) is 0 Å². The third-order valence-electron chi connectivity index (χ3n) is 4.35. The average molecular weight is 298 g/mol. The first-order valence-electron chi connectivity index (χ1n) is 7.55. The van der Waals surface area contributed by atoms with Crippen LogP contribution in [0.5, 0.6) is 0 Å². The molecule has 0 aromatic heterocycles. The Balaban J connectivity index is 1.96. The second kappa shape index (κ2) is 5.03. The monoisotopic (exact) mass is 298 g/mol. The summed E-state index contributed by atoms with van der Waals surface area (Å²) in [6.07, 6.45) is 0. The Kier molecular flexibility index (Phi) is 2.98. The van der Waals surface area contributed by atoms with Crippen LogP contribution in [-0.2, 0) is 0 Å². The molecule has 0 spiro atoms. The largest absolute Gasteiger partial charge is 0.289 e. The smallest absolute Gasteiger partial charge is 0.194 e. The van der Waals surface area contributed by atoms with E-state index in [4.69, 9.17) is 0 Å². The van der Waals surface area contributed by atoms with Crippen molar-refractivity contribution in [1.29, 1.82) is 0 Å².